The van der Waals surface area contributed by atoms with Crippen LogP contribution in [0.1, 0.15) is 35.6 Å². The molecule has 0 aromatic heterocycles. The number of para-hydroxylation sites is 1. The van der Waals surface area contributed by atoms with Crippen LogP contribution in [0.3, 0.4) is 0 Å². The molecule has 150 valence electrons. The largest absolute Gasteiger partial charge is 0.497 e. The molecule has 1 atom stereocenters. The van der Waals surface area contributed by atoms with Crippen molar-refractivity contribution in [1.29, 1.82) is 0 Å². The molecule has 0 saturated carbocycles. The van der Waals surface area contributed by atoms with E-state index in [-0.39, 0.29) is 18.6 Å². The van der Waals surface area contributed by atoms with E-state index in [4.69, 9.17) is 9.47 Å². The number of hydrogen-bond donors (Lipinski definition) is 1. The van der Waals surface area contributed by atoms with Crippen LogP contribution in [0.15, 0.2) is 42.5 Å². The van der Waals surface area contributed by atoms with Crippen LogP contribution in [0.4, 0.5) is 0 Å². The van der Waals surface area contributed by atoms with E-state index in [1.165, 1.54) is 18.4 Å². The van der Waals surface area contributed by atoms with Gasteiger partial charge in [0.1, 0.15) is 11.5 Å². The Morgan fingerprint density at radius 3 is 2.32 bits per heavy atom. The van der Waals surface area contributed by atoms with E-state index in [0.717, 1.165) is 35.7 Å². The van der Waals surface area contributed by atoms with Gasteiger partial charge in [-0.3, -0.25) is 9.69 Å². The van der Waals surface area contributed by atoms with Crippen LogP contribution in [0.25, 0.3) is 0 Å². The average Bonchev–Trinajstić information content (AvgIpc) is 3.23. The second-order valence-electron chi connectivity index (χ2n) is 7.35. The number of ether oxygens (including phenoxy) is 2. The number of benzene rings is 2. The van der Waals surface area contributed by atoms with E-state index in [1.807, 2.05) is 44.2 Å². The first-order valence-corrected chi connectivity index (χ1v) is 9.92. The smallest absolute Gasteiger partial charge is 0.258 e. The number of amides is 1. The van der Waals surface area contributed by atoms with Crippen LogP contribution >= 0.6 is 0 Å². The van der Waals surface area contributed by atoms with Crippen LogP contribution < -0.4 is 14.8 Å². The van der Waals surface area contributed by atoms with Crippen molar-refractivity contribution in [1.82, 2.24) is 10.2 Å². The monoisotopic (exact) mass is 382 g/mol. The van der Waals surface area contributed by atoms with Gasteiger partial charge in [0.25, 0.3) is 5.91 Å². The Labute approximate surface area is 167 Å². The van der Waals surface area contributed by atoms with Crippen molar-refractivity contribution < 1.29 is 14.3 Å². The lowest BCUT2D eigenvalue weighted by molar-refractivity contribution is -0.123. The molecule has 1 aliphatic rings. The van der Waals surface area contributed by atoms with E-state index in [2.05, 4.69) is 22.3 Å². The third kappa shape index (κ3) is 5.04. The van der Waals surface area contributed by atoms with E-state index in [9.17, 15) is 4.79 Å². The van der Waals surface area contributed by atoms with Crippen molar-refractivity contribution in [3.05, 3.63) is 59.2 Å². The molecule has 1 N–H and O–H groups in total. The Balaban J connectivity index is 1.60. The van der Waals surface area contributed by atoms with Gasteiger partial charge in [0.05, 0.1) is 13.2 Å². The van der Waals surface area contributed by atoms with Crippen molar-refractivity contribution >= 4 is 5.91 Å². The zero-order valence-corrected chi connectivity index (χ0v) is 17.0. The molecule has 1 aliphatic heterocycles. The first kappa shape index (κ1) is 20.2. The second-order valence-corrected chi connectivity index (χ2v) is 7.35. The predicted molar refractivity (Wildman–Crippen MR) is 111 cm³/mol. The first-order chi connectivity index (χ1) is 13.6. The topological polar surface area (TPSA) is 50.8 Å². The number of rotatable bonds is 8. The fraction of sp³-hybridized carbons (Fsp3) is 0.435. The number of hydrogen-bond acceptors (Lipinski definition) is 4. The molecule has 1 fully saturated rings. The number of nitrogens with zero attached hydrogens (tertiary/aromatic N) is 1. The van der Waals surface area contributed by atoms with Gasteiger partial charge in [-0.1, -0.05) is 30.3 Å². The van der Waals surface area contributed by atoms with Gasteiger partial charge in [0.2, 0.25) is 0 Å². The van der Waals surface area contributed by atoms with Crippen LogP contribution in [-0.4, -0.2) is 44.2 Å². The molecule has 1 unspecified atom stereocenters. The van der Waals surface area contributed by atoms with Gasteiger partial charge < -0.3 is 14.8 Å². The van der Waals surface area contributed by atoms with Gasteiger partial charge in [0.15, 0.2) is 6.61 Å². The third-order valence-electron chi connectivity index (χ3n) is 5.33. The molecule has 0 spiro atoms. The molecule has 0 aliphatic carbocycles. The highest BCUT2D eigenvalue weighted by molar-refractivity contribution is 5.77. The minimum Gasteiger partial charge on any atom is -0.497 e. The Bertz CT molecular complexity index is 763. The molecule has 28 heavy (non-hydrogen) atoms. The average molecular weight is 383 g/mol. The predicted octanol–water partition coefficient (Wildman–Crippen LogP) is 3.64. The summed E-state index contributed by atoms with van der Waals surface area (Å²) in [5.41, 5.74) is 3.28. The summed E-state index contributed by atoms with van der Waals surface area (Å²) in [5.74, 6) is 1.54. The number of aryl methyl sites for hydroxylation is 2. The van der Waals surface area contributed by atoms with E-state index in [1.54, 1.807) is 7.11 Å². The Hall–Kier alpha value is -2.53. The van der Waals surface area contributed by atoms with Crippen LogP contribution in [-0.2, 0) is 4.79 Å². The first-order valence-electron chi connectivity index (χ1n) is 9.92. The zero-order valence-electron chi connectivity index (χ0n) is 17.0. The zero-order chi connectivity index (χ0) is 19.9. The summed E-state index contributed by atoms with van der Waals surface area (Å²) >= 11 is 0. The van der Waals surface area contributed by atoms with E-state index >= 15 is 0 Å². The Morgan fingerprint density at radius 1 is 1.07 bits per heavy atom. The highest BCUT2D eigenvalue weighted by atomic mass is 16.5. The van der Waals surface area contributed by atoms with Crippen molar-refractivity contribution in [3.8, 4) is 11.5 Å². The summed E-state index contributed by atoms with van der Waals surface area (Å²) < 4.78 is 11.0. The summed E-state index contributed by atoms with van der Waals surface area (Å²) in [4.78, 5) is 14.9. The van der Waals surface area contributed by atoms with Crippen molar-refractivity contribution in [2.45, 2.75) is 32.7 Å². The lowest BCUT2D eigenvalue weighted by atomic mass is 10.1. The lowest BCUT2D eigenvalue weighted by Gasteiger charge is -2.28. The van der Waals surface area contributed by atoms with Crippen molar-refractivity contribution in [2.75, 3.05) is 33.4 Å². The van der Waals surface area contributed by atoms with Crippen molar-refractivity contribution in [2.24, 2.45) is 0 Å². The molecule has 0 bridgehead atoms. The molecule has 5 nitrogen and oxygen atoms in total. The summed E-state index contributed by atoms with van der Waals surface area (Å²) in [6.45, 7) is 6.71. The number of methoxy groups -OCH3 is 1. The van der Waals surface area contributed by atoms with Gasteiger partial charge in [-0.25, -0.2) is 0 Å². The van der Waals surface area contributed by atoms with Gasteiger partial charge in [0, 0.05) is 6.54 Å². The quantitative estimate of drug-likeness (QED) is 0.757. The number of nitrogens with one attached hydrogen (secondary N) is 1. The highest BCUT2D eigenvalue weighted by Gasteiger charge is 2.24. The van der Waals surface area contributed by atoms with Gasteiger partial charge in [-0.05, 0) is 68.6 Å². The molecule has 2 aromatic carbocycles. The SMILES string of the molecule is COc1ccc(C(CNC(=O)COc2c(C)cccc2C)N2CCCC2)cc1. The molecule has 1 heterocycles. The maximum atomic E-state index is 12.4. The summed E-state index contributed by atoms with van der Waals surface area (Å²) in [7, 11) is 1.67. The number of carbonyl (C=O) groups is 1. The molecule has 2 aromatic rings. The van der Waals surface area contributed by atoms with E-state index in [0.29, 0.717) is 6.54 Å². The molecule has 3 rings (SSSR count). The van der Waals surface area contributed by atoms with Gasteiger partial charge in [-0.2, -0.15) is 0 Å². The third-order valence-corrected chi connectivity index (χ3v) is 5.33. The maximum Gasteiger partial charge on any atom is 0.258 e. The lowest BCUT2D eigenvalue weighted by Crippen LogP contribution is -2.38. The molecular formula is C23H30N2O3. The molecule has 1 amide bonds. The van der Waals surface area contributed by atoms with Gasteiger partial charge >= 0.3 is 0 Å². The fourth-order valence-electron chi connectivity index (χ4n) is 3.76. The molecule has 5 heteroatoms. The Morgan fingerprint density at radius 2 is 1.71 bits per heavy atom. The van der Waals surface area contributed by atoms with Crippen LogP contribution in [0.5, 0.6) is 11.5 Å². The van der Waals surface area contributed by atoms with Crippen molar-refractivity contribution in [3.63, 3.8) is 0 Å². The standard InChI is InChI=1S/C23H30N2O3/c1-17-7-6-8-18(2)23(17)28-16-22(26)24-15-21(25-13-4-5-14-25)19-9-11-20(27-3)12-10-19/h6-12,21H,4-5,13-16H2,1-3H3,(H,24,26). The minimum absolute atomic E-state index is 0.0288. The Kier molecular flexibility index (Phi) is 6.93. The minimum atomic E-state index is -0.0969. The second kappa shape index (κ2) is 9.60. The summed E-state index contributed by atoms with van der Waals surface area (Å²) in [6.07, 6.45) is 2.41. The molecule has 0 radical (unpaired) electrons. The number of likely N-dealkylation sites (tertiary alicyclic amines) is 1. The number of carbonyl (C=O) groups excluding carboxylic acids is 1. The molecule has 1 saturated heterocycles. The van der Waals surface area contributed by atoms with Gasteiger partial charge in [-0.15, -0.1) is 0 Å². The van der Waals surface area contributed by atoms with Crippen LogP contribution in [0, 0.1) is 13.8 Å². The summed E-state index contributed by atoms with van der Waals surface area (Å²) in [5, 5.41) is 3.06. The summed E-state index contributed by atoms with van der Waals surface area (Å²) in [6, 6.07) is 14.3. The maximum absolute atomic E-state index is 12.4. The van der Waals surface area contributed by atoms with E-state index < -0.39 is 0 Å². The normalized spacial score (nSPS) is 15.2. The highest BCUT2D eigenvalue weighted by Crippen LogP contribution is 2.26. The van der Waals surface area contributed by atoms with Crippen LogP contribution in [0.2, 0.25) is 0 Å². The fourth-order valence-corrected chi connectivity index (χ4v) is 3.76. The molecular weight excluding hydrogens is 352 g/mol.